The highest BCUT2D eigenvalue weighted by molar-refractivity contribution is 5.90. The average molecular weight is 206 g/mol. The van der Waals surface area contributed by atoms with Crippen molar-refractivity contribution in [3.8, 4) is 0 Å². The van der Waals surface area contributed by atoms with E-state index in [0.29, 0.717) is 0 Å². The van der Waals surface area contributed by atoms with E-state index in [0.717, 1.165) is 5.76 Å². The van der Waals surface area contributed by atoms with Crippen LogP contribution in [0.5, 0.6) is 0 Å². The van der Waals surface area contributed by atoms with Gasteiger partial charge < -0.3 is 4.74 Å². The quantitative estimate of drug-likeness (QED) is 0.379. The third-order valence-corrected chi connectivity index (χ3v) is 1.54. The molecular weight excluding hydrogens is 188 g/mol. The highest BCUT2D eigenvalue weighted by Crippen LogP contribution is 1.96. The summed E-state index contributed by atoms with van der Waals surface area (Å²) in [4.78, 5) is 11.1. The van der Waals surface area contributed by atoms with Gasteiger partial charge in [0.15, 0.2) is 5.78 Å². The van der Waals surface area contributed by atoms with E-state index >= 15 is 0 Å². The Balaban J connectivity index is 3.92. The molecule has 0 bridgehead atoms. The van der Waals surface area contributed by atoms with Crippen molar-refractivity contribution < 1.29 is 9.53 Å². The average Bonchev–Trinajstić information content (AvgIpc) is 2.22. The summed E-state index contributed by atoms with van der Waals surface area (Å²) in [7, 11) is 0. The molecule has 2 nitrogen and oxygen atoms in total. The van der Waals surface area contributed by atoms with Crippen LogP contribution in [0.1, 0.15) is 20.8 Å². The largest absolute Gasteiger partial charge is 0.490 e. The molecule has 0 aromatic rings. The molecule has 0 aromatic heterocycles. The number of carbonyl (C=O) groups is 1. The summed E-state index contributed by atoms with van der Waals surface area (Å²) in [5.74, 6) is 0.705. The molecule has 0 atom stereocenters. The molecule has 0 radical (unpaired) electrons. The van der Waals surface area contributed by atoms with E-state index in [1.54, 1.807) is 13.0 Å². The van der Waals surface area contributed by atoms with E-state index in [1.807, 2.05) is 44.2 Å². The van der Waals surface area contributed by atoms with Gasteiger partial charge >= 0.3 is 0 Å². The molecule has 0 unspecified atom stereocenters. The molecule has 2 heteroatoms. The van der Waals surface area contributed by atoms with Crippen LogP contribution in [-0.2, 0) is 9.53 Å². The van der Waals surface area contributed by atoms with Gasteiger partial charge in [0, 0.05) is 0 Å². The second-order valence-electron chi connectivity index (χ2n) is 2.94. The van der Waals surface area contributed by atoms with Crippen LogP contribution >= 0.6 is 0 Å². The van der Waals surface area contributed by atoms with Crippen molar-refractivity contribution >= 4 is 5.78 Å². The highest BCUT2D eigenvalue weighted by Gasteiger charge is 1.95. The van der Waals surface area contributed by atoms with E-state index in [9.17, 15) is 4.79 Å². The summed E-state index contributed by atoms with van der Waals surface area (Å²) < 4.78 is 5.22. The van der Waals surface area contributed by atoms with Crippen molar-refractivity contribution in [3.63, 3.8) is 0 Å². The summed E-state index contributed by atoms with van der Waals surface area (Å²) in [6.07, 6.45) is 12.7. The maximum atomic E-state index is 11.1. The molecule has 0 saturated heterocycles. The Labute approximate surface area is 91.6 Å². The fourth-order valence-electron chi connectivity index (χ4n) is 0.833. The minimum Gasteiger partial charge on any atom is -0.490 e. The summed E-state index contributed by atoms with van der Waals surface area (Å²) >= 11 is 0. The lowest BCUT2D eigenvalue weighted by molar-refractivity contribution is -0.117. The van der Waals surface area contributed by atoms with Crippen LogP contribution < -0.4 is 0 Å². The van der Waals surface area contributed by atoms with Crippen LogP contribution in [0.15, 0.2) is 48.3 Å². The molecule has 0 spiro atoms. The number of carbonyl (C=O) groups excluding carboxylic acids is 1. The first-order chi connectivity index (χ1) is 7.20. The lowest BCUT2D eigenvalue weighted by Crippen LogP contribution is -2.03. The first-order valence-electron chi connectivity index (χ1n) is 4.95. The van der Waals surface area contributed by atoms with Gasteiger partial charge in [-0.2, -0.15) is 0 Å². The Bertz CT molecular complexity index is 294. The van der Waals surface area contributed by atoms with Gasteiger partial charge in [0.25, 0.3) is 0 Å². The molecule has 0 aliphatic carbocycles. The standard InChI is InChI=1S/C13H18O2/c1-4-6-7-8-10-12(3)15-11-13(14)9-5-2/h4-10H,11H2,1-3H3/b6-4+,8-7-,9-5+,12-10+. The van der Waals surface area contributed by atoms with Crippen LogP contribution in [0.4, 0.5) is 0 Å². The van der Waals surface area contributed by atoms with Gasteiger partial charge in [-0.1, -0.05) is 30.4 Å². The number of rotatable bonds is 6. The Morgan fingerprint density at radius 3 is 2.47 bits per heavy atom. The normalized spacial score (nSPS) is 13.1. The molecular formula is C13H18O2. The Morgan fingerprint density at radius 2 is 1.87 bits per heavy atom. The lowest BCUT2D eigenvalue weighted by atomic mass is 10.3. The molecule has 0 aromatic carbocycles. The second kappa shape index (κ2) is 9.00. The van der Waals surface area contributed by atoms with Crippen LogP contribution in [0, 0.1) is 0 Å². The van der Waals surface area contributed by atoms with Crippen LogP contribution in [-0.4, -0.2) is 12.4 Å². The van der Waals surface area contributed by atoms with E-state index in [2.05, 4.69) is 0 Å². The van der Waals surface area contributed by atoms with E-state index < -0.39 is 0 Å². The van der Waals surface area contributed by atoms with Gasteiger partial charge in [-0.15, -0.1) is 0 Å². The molecule has 0 heterocycles. The summed E-state index contributed by atoms with van der Waals surface area (Å²) in [5.41, 5.74) is 0. The lowest BCUT2D eigenvalue weighted by Gasteiger charge is -2.01. The fourth-order valence-corrected chi connectivity index (χ4v) is 0.833. The van der Waals surface area contributed by atoms with Crippen LogP contribution in [0.2, 0.25) is 0 Å². The van der Waals surface area contributed by atoms with Gasteiger partial charge in [-0.3, -0.25) is 4.79 Å². The predicted octanol–water partition coefficient (Wildman–Crippen LogP) is 3.18. The minimum absolute atomic E-state index is 0.0253. The Hall–Kier alpha value is -1.57. The molecule has 0 aliphatic rings. The number of allylic oxidation sites excluding steroid dienone is 7. The van der Waals surface area contributed by atoms with Crippen molar-refractivity contribution in [2.45, 2.75) is 20.8 Å². The molecule has 0 aliphatic heterocycles. The van der Waals surface area contributed by atoms with E-state index in [1.165, 1.54) is 6.08 Å². The first-order valence-corrected chi connectivity index (χ1v) is 4.95. The van der Waals surface area contributed by atoms with Gasteiger partial charge in [-0.25, -0.2) is 0 Å². The molecule has 0 amide bonds. The van der Waals surface area contributed by atoms with Crippen molar-refractivity contribution in [2.75, 3.05) is 6.61 Å². The Kier molecular flexibility index (Phi) is 8.06. The number of hydrogen-bond donors (Lipinski definition) is 0. The van der Waals surface area contributed by atoms with Gasteiger partial charge in [0.2, 0.25) is 0 Å². The Morgan fingerprint density at radius 1 is 1.13 bits per heavy atom. The third kappa shape index (κ3) is 8.75. The smallest absolute Gasteiger partial charge is 0.192 e. The molecule has 0 fully saturated rings. The number of hydrogen-bond acceptors (Lipinski definition) is 2. The first kappa shape index (κ1) is 13.4. The monoisotopic (exact) mass is 206 g/mol. The maximum Gasteiger partial charge on any atom is 0.192 e. The fraction of sp³-hybridized carbons (Fsp3) is 0.308. The van der Waals surface area contributed by atoms with Crippen molar-refractivity contribution in [1.29, 1.82) is 0 Å². The van der Waals surface area contributed by atoms with E-state index in [-0.39, 0.29) is 12.4 Å². The van der Waals surface area contributed by atoms with E-state index in [4.69, 9.17) is 4.74 Å². The molecule has 15 heavy (non-hydrogen) atoms. The predicted molar refractivity (Wildman–Crippen MR) is 63.5 cm³/mol. The van der Waals surface area contributed by atoms with Crippen LogP contribution in [0.25, 0.3) is 0 Å². The number of ketones is 1. The zero-order chi connectivity index (χ0) is 11.5. The van der Waals surface area contributed by atoms with Crippen molar-refractivity contribution in [3.05, 3.63) is 48.3 Å². The summed E-state index contributed by atoms with van der Waals surface area (Å²) in [5, 5.41) is 0. The zero-order valence-electron chi connectivity index (χ0n) is 9.57. The van der Waals surface area contributed by atoms with Gasteiger partial charge in [-0.05, 0) is 32.9 Å². The number of ether oxygens (including phenoxy) is 1. The maximum absolute atomic E-state index is 11.1. The highest BCUT2D eigenvalue weighted by atomic mass is 16.5. The van der Waals surface area contributed by atoms with Crippen molar-refractivity contribution in [2.24, 2.45) is 0 Å². The molecule has 0 rings (SSSR count). The second-order valence-corrected chi connectivity index (χ2v) is 2.94. The minimum atomic E-state index is -0.0253. The third-order valence-electron chi connectivity index (χ3n) is 1.54. The van der Waals surface area contributed by atoms with Crippen molar-refractivity contribution in [1.82, 2.24) is 0 Å². The van der Waals surface area contributed by atoms with Crippen LogP contribution in [0.3, 0.4) is 0 Å². The zero-order valence-corrected chi connectivity index (χ0v) is 9.57. The SMILES string of the molecule is C/C=C/C=C\C=C(/C)OCC(=O)/C=C/C. The summed E-state index contributed by atoms with van der Waals surface area (Å²) in [6.45, 7) is 5.68. The summed E-state index contributed by atoms with van der Waals surface area (Å²) in [6, 6.07) is 0. The molecule has 0 N–H and O–H groups in total. The molecule has 0 saturated carbocycles. The van der Waals surface area contributed by atoms with Gasteiger partial charge in [0.05, 0.1) is 5.76 Å². The molecule has 82 valence electrons. The van der Waals surface area contributed by atoms with Gasteiger partial charge in [0.1, 0.15) is 6.61 Å². The topological polar surface area (TPSA) is 26.3 Å².